The molecule has 0 spiro atoms. The average molecular weight is 389 g/mol. The van der Waals surface area contributed by atoms with E-state index in [1.54, 1.807) is 31.2 Å². The minimum absolute atomic E-state index is 0.143. The number of para-hydroxylation sites is 1. The normalized spacial score (nSPS) is 11.2. The number of carbonyl (C=O) groups is 1. The van der Waals surface area contributed by atoms with E-state index in [1.165, 1.54) is 0 Å². The standard InChI is InChI=1S/C20H15N5O2S/c1-12-21-20(28-25-12)24-23-16-11-13-7-5-6-10-15(13)17(18(16)26)19(27)22-14-8-3-2-4-9-14/h2-11,26H,1H3,(H,22,27). The largest absolute Gasteiger partial charge is 0.505 e. The van der Waals surface area contributed by atoms with Crippen molar-refractivity contribution < 1.29 is 9.90 Å². The van der Waals surface area contributed by atoms with Crippen LogP contribution in [0.25, 0.3) is 10.8 Å². The van der Waals surface area contributed by atoms with E-state index in [1.807, 2.05) is 36.4 Å². The molecule has 0 atom stereocenters. The summed E-state index contributed by atoms with van der Waals surface area (Å²) in [5.74, 6) is -0.0644. The number of nitrogens with zero attached hydrogens (tertiary/aromatic N) is 4. The zero-order chi connectivity index (χ0) is 19.5. The third kappa shape index (κ3) is 3.58. The molecule has 7 nitrogen and oxygen atoms in total. The van der Waals surface area contributed by atoms with Crippen LogP contribution >= 0.6 is 11.5 Å². The van der Waals surface area contributed by atoms with Crippen LogP contribution in [0.15, 0.2) is 70.9 Å². The molecule has 1 heterocycles. The number of hydrogen-bond acceptors (Lipinski definition) is 7. The molecule has 2 N–H and O–H groups in total. The van der Waals surface area contributed by atoms with Crippen molar-refractivity contribution in [3.8, 4) is 5.75 Å². The van der Waals surface area contributed by atoms with Gasteiger partial charge in [-0.05, 0) is 35.9 Å². The van der Waals surface area contributed by atoms with Gasteiger partial charge in [-0.3, -0.25) is 4.79 Å². The molecule has 0 unspecified atom stereocenters. The Kier molecular flexibility index (Phi) is 4.77. The van der Waals surface area contributed by atoms with E-state index in [2.05, 4.69) is 24.9 Å². The first kappa shape index (κ1) is 17.7. The summed E-state index contributed by atoms with van der Waals surface area (Å²) in [7, 11) is 0. The summed E-state index contributed by atoms with van der Waals surface area (Å²) >= 11 is 1.11. The summed E-state index contributed by atoms with van der Waals surface area (Å²) in [6.07, 6.45) is 0. The Morgan fingerprint density at radius 2 is 1.82 bits per heavy atom. The van der Waals surface area contributed by atoms with Gasteiger partial charge in [0.1, 0.15) is 11.5 Å². The molecule has 0 aliphatic carbocycles. The molecule has 28 heavy (non-hydrogen) atoms. The molecule has 8 heteroatoms. The molecular formula is C20H15N5O2S. The summed E-state index contributed by atoms with van der Waals surface area (Å²) in [6.45, 7) is 1.76. The van der Waals surface area contributed by atoms with Crippen molar-refractivity contribution in [3.05, 3.63) is 72.1 Å². The molecule has 0 bridgehead atoms. The minimum Gasteiger partial charge on any atom is -0.505 e. The van der Waals surface area contributed by atoms with Crippen LogP contribution in [0.4, 0.5) is 16.5 Å². The number of anilines is 1. The molecule has 0 saturated heterocycles. The third-order valence-electron chi connectivity index (χ3n) is 4.02. The van der Waals surface area contributed by atoms with Gasteiger partial charge >= 0.3 is 0 Å². The quantitative estimate of drug-likeness (QED) is 0.458. The van der Waals surface area contributed by atoms with Crippen LogP contribution in [0.2, 0.25) is 0 Å². The molecule has 1 aromatic heterocycles. The van der Waals surface area contributed by atoms with E-state index in [9.17, 15) is 9.90 Å². The van der Waals surface area contributed by atoms with Crippen molar-refractivity contribution in [2.75, 3.05) is 5.32 Å². The van der Waals surface area contributed by atoms with Crippen LogP contribution in [-0.4, -0.2) is 20.4 Å². The lowest BCUT2D eigenvalue weighted by Crippen LogP contribution is -2.12. The molecule has 0 aliphatic heterocycles. The summed E-state index contributed by atoms with van der Waals surface area (Å²) < 4.78 is 4.04. The number of nitrogens with one attached hydrogen (secondary N) is 1. The van der Waals surface area contributed by atoms with Crippen LogP contribution in [-0.2, 0) is 0 Å². The van der Waals surface area contributed by atoms with Crippen LogP contribution in [0.3, 0.4) is 0 Å². The lowest BCUT2D eigenvalue weighted by atomic mass is 10.0. The number of amides is 1. The van der Waals surface area contributed by atoms with Crippen LogP contribution in [0, 0.1) is 6.92 Å². The van der Waals surface area contributed by atoms with Gasteiger partial charge in [0.05, 0.1) is 5.56 Å². The number of phenols is 1. The second kappa shape index (κ2) is 7.53. The number of phenolic OH excluding ortho intramolecular Hbond substituents is 1. The van der Waals surface area contributed by atoms with E-state index in [-0.39, 0.29) is 17.0 Å². The van der Waals surface area contributed by atoms with Gasteiger partial charge in [-0.25, -0.2) is 4.98 Å². The number of fused-ring (bicyclic) bond motifs is 1. The molecule has 4 rings (SSSR count). The number of aromatic nitrogens is 2. The van der Waals surface area contributed by atoms with Crippen molar-refractivity contribution in [3.63, 3.8) is 0 Å². The number of aryl methyl sites for hydroxylation is 1. The second-order valence-corrected chi connectivity index (χ2v) is 6.72. The van der Waals surface area contributed by atoms with Crippen molar-refractivity contribution >= 4 is 44.7 Å². The molecule has 0 fully saturated rings. The molecule has 0 radical (unpaired) electrons. The highest BCUT2D eigenvalue weighted by Crippen LogP contribution is 2.38. The number of carbonyl (C=O) groups excluding carboxylic acids is 1. The third-order valence-corrected chi connectivity index (χ3v) is 4.71. The molecule has 1 amide bonds. The van der Waals surface area contributed by atoms with Gasteiger partial charge in [-0.2, -0.15) is 4.37 Å². The lowest BCUT2D eigenvalue weighted by Gasteiger charge is -2.11. The van der Waals surface area contributed by atoms with Crippen molar-refractivity contribution in [1.29, 1.82) is 0 Å². The predicted octanol–water partition coefficient (Wildman–Crippen LogP) is 5.37. The zero-order valence-electron chi connectivity index (χ0n) is 14.8. The predicted molar refractivity (Wildman–Crippen MR) is 109 cm³/mol. The van der Waals surface area contributed by atoms with Gasteiger partial charge in [-0.1, -0.05) is 42.5 Å². The van der Waals surface area contributed by atoms with Gasteiger partial charge in [-0.15, -0.1) is 10.2 Å². The van der Waals surface area contributed by atoms with E-state index in [0.29, 0.717) is 22.0 Å². The summed E-state index contributed by atoms with van der Waals surface area (Å²) in [5, 5.41) is 23.5. The van der Waals surface area contributed by atoms with Crippen LogP contribution in [0.1, 0.15) is 16.2 Å². The molecule has 4 aromatic rings. The molecular weight excluding hydrogens is 374 g/mol. The van der Waals surface area contributed by atoms with Crippen molar-refractivity contribution in [2.45, 2.75) is 6.92 Å². The Balaban J connectivity index is 1.79. The first-order valence-corrected chi connectivity index (χ1v) is 9.22. The van der Waals surface area contributed by atoms with Crippen molar-refractivity contribution in [1.82, 2.24) is 9.36 Å². The maximum atomic E-state index is 12.9. The Labute approximate surface area is 164 Å². The van der Waals surface area contributed by atoms with Crippen LogP contribution in [0.5, 0.6) is 5.75 Å². The molecule has 0 saturated carbocycles. The fourth-order valence-corrected chi connectivity index (χ4v) is 3.27. The monoisotopic (exact) mass is 389 g/mol. The smallest absolute Gasteiger partial charge is 0.260 e. The first-order chi connectivity index (χ1) is 13.6. The van der Waals surface area contributed by atoms with E-state index >= 15 is 0 Å². The highest BCUT2D eigenvalue weighted by molar-refractivity contribution is 7.09. The number of rotatable bonds is 4. The zero-order valence-corrected chi connectivity index (χ0v) is 15.6. The highest BCUT2D eigenvalue weighted by atomic mass is 32.1. The first-order valence-electron chi connectivity index (χ1n) is 8.45. The Morgan fingerprint density at radius 1 is 1.07 bits per heavy atom. The molecule has 3 aromatic carbocycles. The van der Waals surface area contributed by atoms with Gasteiger partial charge in [0.2, 0.25) is 5.13 Å². The van der Waals surface area contributed by atoms with E-state index in [0.717, 1.165) is 16.9 Å². The SMILES string of the molecule is Cc1nsc(N=Nc2cc3ccccc3c(C(=O)Nc3ccccc3)c2O)n1. The van der Waals surface area contributed by atoms with Gasteiger partial charge in [0.25, 0.3) is 5.91 Å². The maximum Gasteiger partial charge on any atom is 0.260 e. The molecule has 0 aliphatic rings. The topological polar surface area (TPSA) is 99.8 Å². The fraction of sp³-hybridized carbons (Fsp3) is 0.0500. The average Bonchev–Trinajstić information content (AvgIpc) is 3.12. The Morgan fingerprint density at radius 3 is 2.57 bits per heavy atom. The number of benzene rings is 3. The lowest BCUT2D eigenvalue weighted by molar-refractivity contribution is 0.102. The Hall–Kier alpha value is -3.65. The Bertz CT molecular complexity index is 1190. The van der Waals surface area contributed by atoms with E-state index in [4.69, 9.17) is 0 Å². The second-order valence-electron chi connectivity index (χ2n) is 5.98. The summed E-state index contributed by atoms with van der Waals surface area (Å²) in [5.41, 5.74) is 0.960. The molecule has 138 valence electrons. The van der Waals surface area contributed by atoms with Gasteiger partial charge in [0.15, 0.2) is 5.75 Å². The van der Waals surface area contributed by atoms with E-state index < -0.39 is 5.91 Å². The van der Waals surface area contributed by atoms with Gasteiger partial charge < -0.3 is 10.4 Å². The minimum atomic E-state index is -0.427. The summed E-state index contributed by atoms with van der Waals surface area (Å²) in [4.78, 5) is 17.0. The number of aromatic hydroxyl groups is 1. The number of azo groups is 1. The summed E-state index contributed by atoms with van der Waals surface area (Å²) in [6, 6.07) is 18.0. The fourth-order valence-electron chi connectivity index (χ4n) is 2.77. The van der Waals surface area contributed by atoms with Crippen molar-refractivity contribution in [2.24, 2.45) is 10.2 Å². The van der Waals surface area contributed by atoms with Gasteiger partial charge in [0, 0.05) is 17.2 Å². The highest BCUT2D eigenvalue weighted by Gasteiger charge is 2.19. The number of hydrogen-bond donors (Lipinski definition) is 2. The maximum absolute atomic E-state index is 12.9. The van der Waals surface area contributed by atoms with Crippen LogP contribution < -0.4 is 5.32 Å².